The molecule has 0 unspecified atom stereocenters. The summed E-state index contributed by atoms with van der Waals surface area (Å²) in [5, 5.41) is 2.93. The molecule has 0 aromatic rings. The number of nitrogens with one attached hydrogen (secondary N) is 1. The Morgan fingerprint density at radius 3 is 2.05 bits per heavy atom. The van der Waals surface area contributed by atoms with Crippen molar-refractivity contribution in [2.45, 2.75) is 71.6 Å². The molecule has 1 N–H and O–H groups in total. The zero-order valence-electron chi connectivity index (χ0n) is 14.5. The van der Waals surface area contributed by atoms with E-state index in [1.54, 1.807) is 4.90 Å². The van der Waals surface area contributed by atoms with Crippen LogP contribution in [0.5, 0.6) is 0 Å². The summed E-state index contributed by atoms with van der Waals surface area (Å²) in [5.74, 6) is 0. The average molecular weight is 312 g/mol. The molecule has 2 rings (SSSR count). The fourth-order valence-electron chi connectivity index (χ4n) is 2.75. The Balaban J connectivity index is 1.94. The van der Waals surface area contributed by atoms with Crippen LogP contribution < -0.4 is 5.32 Å². The van der Waals surface area contributed by atoms with Gasteiger partial charge in [-0.3, -0.25) is 0 Å². The highest BCUT2D eigenvalue weighted by atomic mass is 16.6. The Kier molecular flexibility index (Phi) is 4.09. The van der Waals surface area contributed by atoms with Crippen LogP contribution in [-0.4, -0.2) is 47.4 Å². The third-order valence-electron chi connectivity index (χ3n) is 3.88. The number of likely N-dealkylation sites (tertiary alicyclic amines) is 1. The van der Waals surface area contributed by atoms with Crippen LogP contribution in [0.3, 0.4) is 0 Å². The summed E-state index contributed by atoms with van der Waals surface area (Å²) in [6, 6.07) is -0.0603. The molecule has 1 heterocycles. The molecule has 2 amide bonds. The number of carbonyl (C=O) groups excluding carboxylic acids is 2. The molecule has 1 aliphatic heterocycles. The predicted molar refractivity (Wildman–Crippen MR) is 82.6 cm³/mol. The summed E-state index contributed by atoms with van der Waals surface area (Å²) in [4.78, 5) is 25.9. The van der Waals surface area contributed by atoms with Crippen molar-refractivity contribution in [1.82, 2.24) is 10.2 Å². The van der Waals surface area contributed by atoms with Crippen LogP contribution in [-0.2, 0) is 9.47 Å². The summed E-state index contributed by atoms with van der Waals surface area (Å²) < 4.78 is 10.7. The lowest BCUT2D eigenvalue weighted by atomic mass is 10.0. The topological polar surface area (TPSA) is 67.9 Å². The zero-order valence-corrected chi connectivity index (χ0v) is 14.5. The molecule has 0 aromatic heterocycles. The van der Waals surface area contributed by atoms with Crippen LogP contribution in [0.4, 0.5) is 9.59 Å². The highest BCUT2D eigenvalue weighted by Crippen LogP contribution is 2.53. The van der Waals surface area contributed by atoms with Crippen LogP contribution in [0.15, 0.2) is 0 Å². The lowest BCUT2D eigenvalue weighted by molar-refractivity contribution is 0.0278. The minimum absolute atomic E-state index is 0.00775. The van der Waals surface area contributed by atoms with Gasteiger partial charge in [0.05, 0.1) is 6.04 Å². The number of ether oxygens (including phenoxy) is 2. The van der Waals surface area contributed by atoms with E-state index in [-0.39, 0.29) is 17.6 Å². The largest absolute Gasteiger partial charge is 0.444 e. The van der Waals surface area contributed by atoms with E-state index in [9.17, 15) is 9.59 Å². The monoisotopic (exact) mass is 312 g/mol. The van der Waals surface area contributed by atoms with Gasteiger partial charge in [-0.25, -0.2) is 9.59 Å². The summed E-state index contributed by atoms with van der Waals surface area (Å²) >= 11 is 0. The molecular formula is C16H28N2O4. The van der Waals surface area contributed by atoms with E-state index in [4.69, 9.17) is 9.47 Å². The molecule has 1 aliphatic carbocycles. The molecule has 2 fully saturated rings. The molecule has 126 valence electrons. The standard InChI is InChI=1S/C16H28N2O4/c1-14(2,3)21-12(19)17-11-9-18(10-16(11)7-8-16)13(20)22-15(4,5)6/h11H,7-10H2,1-6H3,(H,17,19)/t11-/m1/s1. The maximum absolute atomic E-state index is 12.2. The Hall–Kier alpha value is -1.46. The van der Waals surface area contributed by atoms with Crippen molar-refractivity contribution in [3.05, 3.63) is 0 Å². The van der Waals surface area contributed by atoms with Crippen molar-refractivity contribution >= 4 is 12.2 Å². The quantitative estimate of drug-likeness (QED) is 0.808. The third kappa shape index (κ3) is 4.27. The average Bonchev–Trinajstić information content (AvgIpc) is 2.93. The van der Waals surface area contributed by atoms with E-state index in [0.29, 0.717) is 13.1 Å². The molecule has 6 heteroatoms. The minimum Gasteiger partial charge on any atom is -0.444 e. The van der Waals surface area contributed by atoms with Gasteiger partial charge in [-0.1, -0.05) is 0 Å². The molecular weight excluding hydrogens is 284 g/mol. The van der Waals surface area contributed by atoms with E-state index in [0.717, 1.165) is 12.8 Å². The minimum atomic E-state index is -0.524. The van der Waals surface area contributed by atoms with E-state index in [1.807, 2.05) is 41.5 Å². The van der Waals surface area contributed by atoms with Gasteiger partial charge < -0.3 is 19.7 Å². The van der Waals surface area contributed by atoms with Gasteiger partial charge in [0.2, 0.25) is 0 Å². The van der Waals surface area contributed by atoms with Gasteiger partial charge >= 0.3 is 12.2 Å². The first kappa shape index (κ1) is 16.9. The summed E-state index contributed by atoms with van der Waals surface area (Å²) in [5.41, 5.74) is -1.03. The van der Waals surface area contributed by atoms with E-state index < -0.39 is 17.3 Å². The maximum atomic E-state index is 12.2. The molecule has 1 atom stereocenters. The van der Waals surface area contributed by atoms with Crippen LogP contribution in [0.25, 0.3) is 0 Å². The van der Waals surface area contributed by atoms with Gasteiger partial charge in [-0.05, 0) is 54.4 Å². The van der Waals surface area contributed by atoms with Crippen molar-refractivity contribution < 1.29 is 19.1 Å². The van der Waals surface area contributed by atoms with Gasteiger partial charge in [-0.15, -0.1) is 0 Å². The predicted octanol–water partition coefficient (Wildman–Crippen LogP) is 2.91. The van der Waals surface area contributed by atoms with Crippen molar-refractivity contribution in [2.75, 3.05) is 13.1 Å². The fourth-order valence-corrected chi connectivity index (χ4v) is 2.75. The van der Waals surface area contributed by atoms with Crippen molar-refractivity contribution in [3.63, 3.8) is 0 Å². The van der Waals surface area contributed by atoms with Gasteiger partial charge in [-0.2, -0.15) is 0 Å². The van der Waals surface area contributed by atoms with Crippen LogP contribution in [0.1, 0.15) is 54.4 Å². The number of alkyl carbamates (subject to hydrolysis) is 1. The molecule has 6 nitrogen and oxygen atoms in total. The lowest BCUT2D eigenvalue weighted by Gasteiger charge is -2.25. The summed E-state index contributed by atoms with van der Waals surface area (Å²) in [6.45, 7) is 12.2. The lowest BCUT2D eigenvalue weighted by Crippen LogP contribution is -2.44. The van der Waals surface area contributed by atoms with Crippen molar-refractivity contribution in [1.29, 1.82) is 0 Å². The number of carbonyl (C=O) groups is 2. The van der Waals surface area contributed by atoms with Gasteiger partial charge in [0.15, 0.2) is 0 Å². The number of hydrogen-bond acceptors (Lipinski definition) is 4. The van der Waals surface area contributed by atoms with Crippen molar-refractivity contribution in [3.8, 4) is 0 Å². The van der Waals surface area contributed by atoms with E-state index in [1.165, 1.54) is 0 Å². The van der Waals surface area contributed by atoms with E-state index >= 15 is 0 Å². The van der Waals surface area contributed by atoms with Crippen LogP contribution in [0.2, 0.25) is 0 Å². The summed E-state index contributed by atoms with van der Waals surface area (Å²) in [6.07, 6.45) is 1.31. The number of nitrogens with zero attached hydrogens (tertiary/aromatic N) is 1. The maximum Gasteiger partial charge on any atom is 0.410 e. The molecule has 1 saturated heterocycles. The number of rotatable bonds is 1. The van der Waals surface area contributed by atoms with Gasteiger partial charge in [0, 0.05) is 18.5 Å². The normalized spacial score (nSPS) is 23.4. The Bertz CT molecular complexity index is 458. The molecule has 0 bridgehead atoms. The second kappa shape index (κ2) is 5.32. The third-order valence-corrected chi connectivity index (χ3v) is 3.88. The zero-order chi connectivity index (χ0) is 16.8. The fraction of sp³-hybridized carbons (Fsp3) is 0.875. The van der Waals surface area contributed by atoms with Crippen LogP contribution >= 0.6 is 0 Å². The molecule has 1 saturated carbocycles. The molecule has 22 heavy (non-hydrogen) atoms. The highest BCUT2D eigenvalue weighted by Gasteiger charge is 2.57. The first-order chi connectivity index (χ1) is 9.90. The molecule has 2 aliphatic rings. The highest BCUT2D eigenvalue weighted by molar-refractivity contribution is 5.71. The Labute approximate surface area is 132 Å². The molecule has 1 spiro atoms. The Morgan fingerprint density at radius 2 is 1.59 bits per heavy atom. The first-order valence-corrected chi connectivity index (χ1v) is 7.88. The van der Waals surface area contributed by atoms with Crippen molar-refractivity contribution in [2.24, 2.45) is 5.41 Å². The smallest absolute Gasteiger partial charge is 0.410 e. The van der Waals surface area contributed by atoms with Crippen LogP contribution in [0, 0.1) is 5.41 Å². The van der Waals surface area contributed by atoms with Gasteiger partial charge in [0.1, 0.15) is 11.2 Å². The second-order valence-electron chi connectivity index (χ2n) is 8.42. The molecule has 0 radical (unpaired) electrons. The SMILES string of the molecule is CC(C)(C)OC(=O)N[C@@H]1CN(C(=O)OC(C)(C)C)CC12CC2. The number of amides is 2. The second-order valence-corrected chi connectivity index (χ2v) is 8.42. The van der Waals surface area contributed by atoms with Gasteiger partial charge in [0.25, 0.3) is 0 Å². The first-order valence-electron chi connectivity index (χ1n) is 7.88. The summed E-state index contributed by atoms with van der Waals surface area (Å²) in [7, 11) is 0. The Morgan fingerprint density at radius 1 is 1.05 bits per heavy atom. The molecule has 0 aromatic carbocycles. The number of hydrogen-bond donors (Lipinski definition) is 1. The van der Waals surface area contributed by atoms with E-state index in [2.05, 4.69) is 5.32 Å².